The third-order valence-corrected chi connectivity index (χ3v) is 3.47. The van der Waals surface area contributed by atoms with Crippen molar-refractivity contribution in [2.45, 2.75) is 20.8 Å². The molecule has 0 spiro atoms. The number of nitrogens with zero attached hydrogens (tertiary/aromatic N) is 2. The first-order valence-electron chi connectivity index (χ1n) is 6.71. The summed E-state index contributed by atoms with van der Waals surface area (Å²) < 4.78 is 0. The Bertz CT molecular complexity index is 797. The van der Waals surface area contributed by atoms with Gasteiger partial charge >= 0.3 is 0 Å². The lowest BCUT2D eigenvalue weighted by Crippen LogP contribution is -1.76. The van der Waals surface area contributed by atoms with Crippen LogP contribution >= 0.6 is 0 Å². The van der Waals surface area contributed by atoms with Crippen molar-refractivity contribution >= 4 is 22.3 Å². The summed E-state index contributed by atoms with van der Waals surface area (Å²) in [6.45, 7) is 6.16. The Kier molecular flexibility index (Phi) is 3.11. The second-order valence-electron chi connectivity index (χ2n) is 5.13. The molecule has 0 fully saturated rings. The highest BCUT2D eigenvalue weighted by atomic mass is 15.1. The topological polar surface area (TPSA) is 40.5 Å². The number of hydrogen-bond acceptors (Lipinski definition) is 2. The van der Waals surface area contributed by atoms with Crippen LogP contribution in [0, 0.1) is 20.8 Å². The zero-order chi connectivity index (χ0) is 14.1. The molecule has 0 aliphatic carbocycles. The number of fused-ring (bicyclic) bond motifs is 1. The van der Waals surface area contributed by atoms with Crippen molar-refractivity contribution in [3.05, 3.63) is 59.3 Å². The molecular weight excluding hydrogens is 246 g/mol. The van der Waals surface area contributed by atoms with E-state index in [1.54, 1.807) is 0 Å². The molecule has 0 aliphatic rings. The van der Waals surface area contributed by atoms with Gasteiger partial charge in [-0.1, -0.05) is 35.9 Å². The summed E-state index contributed by atoms with van der Waals surface area (Å²) in [5, 5.41) is 9.96. The fourth-order valence-electron chi connectivity index (χ4n) is 2.41. The molecule has 0 atom stereocenters. The molecule has 100 valence electrons. The lowest BCUT2D eigenvalue weighted by atomic mass is 10.1. The van der Waals surface area contributed by atoms with Crippen LogP contribution in [0.15, 0.2) is 52.7 Å². The van der Waals surface area contributed by atoms with Gasteiger partial charge in [0.2, 0.25) is 0 Å². The van der Waals surface area contributed by atoms with Crippen molar-refractivity contribution in [2.75, 3.05) is 0 Å². The maximum absolute atomic E-state index is 4.45. The van der Waals surface area contributed by atoms with Gasteiger partial charge in [-0.2, -0.15) is 5.11 Å². The quantitative estimate of drug-likeness (QED) is 0.592. The van der Waals surface area contributed by atoms with Crippen LogP contribution in [0.3, 0.4) is 0 Å². The van der Waals surface area contributed by atoms with Crippen molar-refractivity contribution in [2.24, 2.45) is 10.2 Å². The normalized spacial score (nSPS) is 11.6. The molecule has 0 bridgehead atoms. The lowest BCUT2D eigenvalue weighted by Gasteiger charge is -2.00. The molecule has 20 heavy (non-hydrogen) atoms. The number of H-pyrrole nitrogens is 1. The van der Waals surface area contributed by atoms with E-state index in [1.807, 2.05) is 25.1 Å². The van der Waals surface area contributed by atoms with E-state index in [0.717, 1.165) is 33.5 Å². The van der Waals surface area contributed by atoms with Crippen molar-refractivity contribution in [1.29, 1.82) is 0 Å². The van der Waals surface area contributed by atoms with Gasteiger partial charge in [-0.15, -0.1) is 5.11 Å². The molecule has 0 aliphatic heterocycles. The second kappa shape index (κ2) is 4.93. The van der Waals surface area contributed by atoms with E-state index in [-0.39, 0.29) is 0 Å². The number of aryl methyl sites for hydroxylation is 3. The minimum absolute atomic E-state index is 0.917. The first kappa shape index (κ1) is 12.6. The van der Waals surface area contributed by atoms with Gasteiger partial charge in [0.1, 0.15) is 5.69 Å². The molecule has 0 saturated carbocycles. The first-order chi connectivity index (χ1) is 9.65. The van der Waals surface area contributed by atoms with E-state index in [1.165, 1.54) is 5.56 Å². The minimum atomic E-state index is 0.917. The largest absolute Gasteiger partial charge is 0.357 e. The molecule has 3 rings (SSSR count). The third kappa shape index (κ3) is 2.23. The summed E-state index contributed by atoms with van der Waals surface area (Å²) in [7, 11) is 0. The van der Waals surface area contributed by atoms with E-state index in [9.17, 15) is 0 Å². The van der Waals surface area contributed by atoms with Crippen LogP contribution in [0.1, 0.15) is 16.8 Å². The predicted octanol–water partition coefficient (Wildman–Crippen LogP) is 5.51. The predicted molar refractivity (Wildman–Crippen MR) is 83.1 cm³/mol. The van der Waals surface area contributed by atoms with Crippen molar-refractivity contribution in [3.8, 4) is 0 Å². The molecule has 2 aromatic carbocycles. The smallest absolute Gasteiger partial charge is 0.114 e. The summed E-state index contributed by atoms with van der Waals surface area (Å²) in [6, 6.07) is 14.3. The highest BCUT2D eigenvalue weighted by Crippen LogP contribution is 2.31. The van der Waals surface area contributed by atoms with E-state index < -0.39 is 0 Å². The molecule has 1 heterocycles. The zero-order valence-corrected chi connectivity index (χ0v) is 11.9. The van der Waals surface area contributed by atoms with Crippen LogP contribution in [0.5, 0.6) is 0 Å². The van der Waals surface area contributed by atoms with Crippen LogP contribution in [0.25, 0.3) is 10.9 Å². The standard InChI is InChI=1S/C17H17N3/c1-11-8-9-15(12(2)10-11)19-20-17-13(3)18-16-7-5-4-6-14(16)17/h4-10,18H,1-3H3. The molecule has 3 heteroatoms. The first-order valence-corrected chi connectivity index (χ1v) is 6.71. The Hall–Kier alpha value is -2.42. The molecule has 1 N–H and O–H groups in total. The van der Waals surface area contributed by atoms with Gasteiger partial charge in [-0.3, -0.25) is 0 Å². The fraction of sp³-hybridized carbons (Fsp3) is 0.176. The summed E-state index contributed by atoms with van der Waals surface area (Å²) in [5.41, 5.74) is 6.36. The Balaban J connectivity index is 2.04. The SMILES string of the molecule is Cc1ccc(N=Nc2c(C)[nH]c3ccccc23)c(C)c1. The molecule has 0 amide bonds. The monoisotopic (exact) mass is 263 g/mol. The van der Waals surface area contributed by atoms with Crippen LogP contribution in [0.4, 0.5) is 11.4 Å². The van der Waals surface area contributed by atoms with Crippen molar-refractivity contribution in [3.63, 3.8) is 0 Å². The van der Waals surface area contributed by atoms with E-state index >= 15 is 0 Å². The van der Waals surface area contributed by atoms with Gasteiger partial charge in [-0.05, 0) is 38.5 Å². The number of aromatic amines is 1. The number of nitrogens with one attached hydrogen (secondary N) is 1. The van der Waals surface area contributed by atoms with Crippen LogP contribution in [-0.4, -0.2) is 4.98 Å². The molecule has 0 radical (unpaired) electrons. The molecule has 3 aromatic rings. The average Bonchev–Trinajstić information content (AvgIpc) is 2.74. The number of azo groups is 1. The van der Waals surface area contributed by atoms with E-state index in [2.05, 4.69) is 53.3 Å². The third-order valence-electron chi connectivity index (χ3n) is 3.47. The van der Waals surface area contributed by atoms with Crippen LogP contribution < -0.4 is 0 Å². The fourth-order valence-corrected chi connectivity index (χ4v) is 2.41. The van der Waals surface area contributed by atoms with Crippen molar-refractivity contribution < 1.29 is 0 Å². The summed E-state index contributed by atoms with van der Waals surface area (Å²) in [5.74, 6) is 0. The molecule has 0 saturated heterocycles. The van der Waals surface area contributed by atoms with Crippen LogP contribution in [0.2, 0.25) is 0 Å². The van der Waals surface area contributed by atoms with Gasteiger partial charge in [0, 0.05) is 16.6 Å². The van der Waals surface area contributed by atoms with Crippen LogP contribution in [-0.2, 0) is 0 Å². The van der Waals surface area contributed by atoms with Gasteiger partial charge in [0.25, 0.3) is 0 Å². The van der Waals surface area contributed by atoms with Crippen molar-refractivity contribution in [1.82, 2.24) is 4.98 Å². The molecule has 0 unspecified atom stereocenters. The Morgan fingerprint density at radius 1 is 0.900 bits per heavy atom. The Labute approximate surface area is 118 Å². The zero-order valence-electron chi connectivity index (χ0n) is 11.9. The average molecular weight is 263 g/mol. The maximum atomic E-state index is 4.45. The minimum Gasteiger partial charge on any atom is -0.357 e. The Morgan fingerprint density at radius 3 is 2.50 bits per heavy atom. The highest BCUT2D eigenvalue weighted by molar-refractivity contribution is 5.92. The lowest BCUT2D eigenvalue weighted by molar-refractivity contribution is 1.18. The Morgan fingerprint density at radius 2 is 1.70 bits per heavy atom. The summed E-state index contributed by atoms with van der Waals surface area (Å²) in [6.07, 6.45) is 0. The highest BCUT2D eigenvalue weighted by Gasteiger charge is 2.06. The van der Waals surface area contributed by atoms with E-state index in [0.29, 0.717) is 0 Å². The second-order valence-corrected chi connectivity index (χ2v) is 5.13. The van der Waals surface area contributed by atoms with Gasteiger partial charge in [0.05, 0.1) is 5.69 Å². The summed E-state index contributed by atoms with van der Waals surface area (Å²) >= 11 is 0. The maximum Gasteiger partial charge on any atom is 0.114 e. The van der Waals surface area contributed by atoms with E-state index in [4.69, 9.17) is 0 Å². The molecular formula is C17H17N3. The number of hydrogen-bond donors (Lipinski definition) is 1. The number of rotatable bonds is 2. The molecule has 3 nitrogen and oxygen atoms in total. The number of para-hydroxylation sites is 1. The summed E-state index contributed by atoms with van der Waals surface area (Å²) in [4.78, 5) is 3.33. The van der Waals surface area contributed by atoms with Gasteiger partial charge in [0.15, 0.2) is 0 Å². The van der Waals surface area contributed by atoms with Gasteiger partial charge in [-0.25, -0.2) is 0 Å². The number of aromatic nitrogens is 1. The molecule has 1 aromatic heterocycles. The number of benzene rings is 2. The van der Waals surface area contributed by atoms with Gasteiger partial charge < -0.3 is 4.98 Å².